The van der Waals surface area contributed by atoms with Gasteiger partial charge in [0.25, 0.3) is 11.0 Å². The van der Waals surface area contributed by atoms with Crippen molar-refractivity contribution in [2.45, 2.75) is 79.7 Å². The van der Waals surface area contributed by atoms with Crippen LogP contribution in [-0.4, -0.2) is 91.0 Å². The fourth-order valence-corrected chi connectivity index (χ4v) is 6.05. The molecule has 5 rings (SSSR count). The molecule has 0 aliphatic rings. The highest BCUT2D eigenvalue weighted by Gasteiger charge is 2.30. The number of aromatic amines is 1. The van der Waals surface area contributed by atoms with Crippen molar-refractivity contribution in [2.75, 3.05) is 26.9 Å². The minimum absolute atomic E-state index is 0.0845. The molecule has 17 heteroatoms. The number of ether oxygens (including phenoxy) is 4. The van der Waals surface area contributed by atoms with E-state index in [1.54, 1.807) is 25.2 Å². The first kappa shape index (κ1) is 42.1. The third-order valence-electron chi connectivity index (χ3n) is 9.51. The van der Waals surface area contributed by atoms with E-state index in [4.69, 9.17) is 23.8 Å². The number of aromatic nitrogens is 6. The van der Waals surface area contributed by atoms with E-state index in [-0.39, 0.29) is 36.2 Å². The van der Waals surface area contributed by atoms with E-state index in [0.29, 0.717) is 53.8 Å². The monoisotopic (exact) mass is 786 g/mol. The average molecular weight is 787 g/mol. The number of tetrazole rings is 1. The van der Waals surface area contributed by atoms with Gasteiger partial charge in [0.2, 0.25) is 12.1 Å². The van der Waals surface area contributed by atoms with Gasteiger partial charge >= 0.3 is 12.1 Å². The number of carbonyl (C=O) groups excluding carboxylic acids is 2. The molecule has 2 atom stereocenters. The average Bonchev–Trinajstić information content (AvgIpc) is 3.84. The summed E-state index contributed by atoms with van der Waals surface area (Å²) in [6.45, 7) is 14.2. The summed E-state index contributed by atoms with van der Waals surface area (Å²) in [5.74, 6) is 0.189. The molecule has 304 valence electrons. The number of benzene rings is 3. The van der Waals surface area contributed by atoms with Crippen LogP contribution in [0.25, 0.3) is 33.5 Å². The van der Waals surface area contributed by atoms with E-state index < -0.39 is 18.4 Å². The minimum atomic E-state index is -1.24. The third-order valence-corrected chi connectivity index (χ3v) is 9.51. The van der Waals surface area contributed by atoms with Gasteiger partial charge in [-0.05, 0) is 86.4 Å². The van der Waals surface area contributed by atoms with Crippen molar-refractivity contribution in [3.05, 3.63) is 82.8 Å². The highest BCUT2D eigenvalue weighted by atomic mass is 16.8. The quantitative estimate of drug-likeness (QED) is 0.0289. The Hall–Kier alpha value is -6.10. The maximum absolute atomic E-state index is 13.6. The number of nitrogens with one attached hydrogen (secondary N) is 2. The standard InChI is InChI=1S/C40H52N9O8/c1-9-53-38-41-34-16-12-15-33(35(34)48(38)25-28-17-19-30(20-18-28)31-13-10-11-14-32(31)36-42-44-45-43-36)37(50)56-27(4)57-39(51)54-23-21-29(26(2)3)22-24-55-46-49(52)47(8)40(5,6)7/h10-20,26-27,29H,9,21-25H2,1-8H3,(H,46,52)(H,42,43,44,45)/q+1. The molecule has 0 bridgehead atoms. The second-order valence-electron chi connectivity index (χ2n) is 14.7. The zero-order valence-corrected chi connectivity index (χ0v) is 33.7. The topological polar surface area (TPSA) is 188 Å². The molecule has 2 unspecified atom stereocenters. The number of carbonyl (C=O) groups is 2. The summed E-state index contributed by atoms with van der Waals surface area (Å²) in [5.41, 5.74) is 6.97. The Kier molecular flexibility index (Phi) is 14.1. The first-order chi connectivity index (χ1) is 27.3. The lowest BCUT2D eigenvalue weighted by molar-refractivity contribution is -0.795. The zero-order valence-electron chi connectivity index (χ0n) is 33.7. The summed E-state index contributed by atoms with van der Waals surface area (Å²) >= 11 is 0. The maximum Gasteiger partial charge on any atom is 0.511 e. The number of nitrogens with zero attached hydrogens (tertiary/aromatic N) is 7. The van der Waals surface area contributed by atoms with Crippen LogP contribution in [0.3, 0.4) is 0 Å². The highest BCUT2D eigenvalue weighted by molar-refractivity contribution is 6.02. The number of hydrogen-bond acceptors (Lipinski definition) is 12. The molecule has 2 heterocycles. The summed E-state index contributed by atoms with van der Waals surface area (Å²) in [5, 5.41) is 16.0. The molecular formula is C40H52N9O8+. The number of para-hydroxylation sites is 1. The molecule has 2 N–H and O–H groups in total. The molecule has 0 fully saturated rings. The van der Waals surface area contributed by atoms with Crippen molar-refractivity contribution in [1.82, 2.24) is 40.8 Å². The Labute approximate surface area is 331 Å². The number of nitroso groups, excluding NO2 is 1. The zero-order chi connectivity index (χ0) is 41.1. The van der Waals surface area contributed by atoms with Crippen LogP contribution in [0.5, 0.6) is 6.01 Å². The molecular weight excluding hydrogens is 734 g/mol. The van der Waals surface area contributed by atoms with Crippen LogP contribution in [0.15, 0.2) is 66.7 Å². The lowest BCUT2D eigenvalue weighted by Gasteiger charge is -2.23. The number of esters is 1. The van der Waals surface area contributed by atoms with Crippen LogP contribution in [0.1, 0.15) is 77.2 Å². The number of H-pyrrole nitrogens is 1. The summed E-state index contributed by atoms with van der Waals surface area (Å²) in [4.78, 5) is 48.9. The van der Waals surface area contributed by atoms with Crippen LogP contribution in [-0.2, 0) is 25.6 Å². The van der Waals surface area contributed by atoms with Crippen molar-refractivity contribution in [2.24, 2.45) is 11.8 Å². The first-order valence-corrected chi connectivity index (χ1v) is 18.9. The number of hydrazine groups is 2. The molecule has 17 nitrogen and oxygen atoms in total. The number of hydrogen-bond donors (Lipinski definition) is 2. The Bertz CT molecular complexity index is 2100. The molecule has 2 aromatic heterocycles. The van der Waals surface area contributed by atoms with Crippen LogP contribution < -0.4 is 10.3 Å². The Morgan fingerprint density at radius 3 is 2.33 bits per heavy atom. The van der Waals surface area contributed by atoms with Gasteiger partial charge < -0.3 is 18.9 Å². The Morgan fingerprint density at radius 1 is 0.947 bits per heavy atom. The second kappa shape index (κ2) is 19.2. The number of imidazole rings is 1. The first-order valence-electron chi connectivity index (χ1n) is 18.9. The molecule has 0 amide bonds. The fourth-order valence-electron chi connectivity index (χ4n) is 6.05. The summed E-state index contributed by atoms with van der Waals surface area (Å²) in [6.07, 6.45) is -1.04. The summed E-state index contributed by atoms with van der Waals surface area (Å²) < 4.78 is 23.9. The summed E-state index contributed by atoms with van der Waals surface area (Å²) in [6, 6.07) is 21.3. The number of rotatable bonds is 19. The van der Waals surface area contributed by atoms with Crippen LogP contribution in [0, 0.1) is 16.7 Å². The van der Waals surface area contributed by atoms with Crippen molar-refractivity contribution >= 4 is 23.2 Å². The lowest BCUT2D eigenvalue weighted by atomic mass is 9.90. The molecule has 0 saturated heterocycles. The highest BCUT2D eigenvalue weighted by Crippen LogP contribution is 2.31. The SMILES string of the molecule is CCOc1nc2cccc(C(=O)OC(C)OC(=O)OCCC(CCON[N+](=O)N(C)C(C)(C)C)C(C)C)c2n1Cc1ccc(-c2ccccc2-c2nn[nH]n2)cc1. The Morgan fingerprint density at radius 2 is 1.67 bits per heavy atom. The van der Waals surface area contributed by atoms with Crippen molar-refractivity contribution in [1.29, 1.82) is 0 Å². The second-order valence-corrected chi connectivity index (χ2v) is 14.7. The van der Waals surface area contributed by atoms with Crippen LogP contribution in [0.2, 0.25) is 0 Å². The lowest BCUT2D eigenvalue weighted by Crippen LogP contribution is -2.49. The molecule has 0 radical (unpaired) electrons. The summed E-state index contributed by atoms with van der Waals surface area (Å²) in [7, 11) is 1.66. The van der Waals surface area contributed by atoms with Crippen LogP contribution in [0.4, 0.5) is 4.79 Å². The van der Waals surface area contributed by atoms with Gasteiger partial charge in [0.15, 0.2) is 0 Å². The maximum atomic E-state index is 13.6. The van der Waals surface area contributed by atoms with E-state index in [9.17, 15) is 14.5 Å². The van der Waals surface area contributed by atoms with Gasteiger partial charge in [0.05, 0.1) is 60.5 Å². The van der Waals surface area contributed by atoms with Crippen molar-refractivity contribution < 1.29 is 38.4 Å². The molecule has 3 aromatic carbocycles. The number of fused-ring (bicyclic) bond motifs is 1. The fraction of sp³-hybridized carbons (Fsp3) is 0.450. The van der Waals surface area contributed by atoms with Gasteiger partial charge in [0.1, 0.15) is 0 Å². The molecule has 0 saturated carbocycles. The van der Waals surface area contributed by atoms with E-state index >= 15 is 0 Å². The largest absolute Gasteiger partial charge is 0.511 e. The predicted octanol–water partition coefficient (Wildman–Crippen LogP) is 6.90. The van der Waals surface area contributed by atoms with Gasteiger partial charge in [-0.2, -0.15) is 10.2 Å². The van der Waals surface area contributed by atoms with Gasteiger partial charge in [-0.1, -0.05) is 68.4 Å². The smallest absolute Gasteiger partial charge is 0.465 e. The van der Waals surface area contributed by atoms with Gasteiger partial charge in [-0.15, -0.1) is 15.2 Å². The molecule has 57 heavy (non-hydrogen) atoms. The van der Waals surface area contributed by atoms with Crippen molar-refractivity contribution in [3.63, 3.8) is 0 Å². The Balaban J connectivity index is 1.18. The predicted molar refractivity (Wildman–Crippen MR) is 210 cm³/mol. The van der Waals surface area contributed by atoms with Crippen LogP contribution >= 0.6 is 0 Å². The molecule has 0 spiro atoms. The van der Waals surface area contributed by atoms with Gasteiger partial charge in [0, 0.05) is 18.1 Å². The van der Waals surface area contributed by atoms with E-state index in [2.05, 4.69) is 45.0 Å². The van der Waals surface area contributed by atoms with Gasteiger partial charge in [-0.25, -0.2) is 14.4 Å². The van der Waals surface area contributed by atoms with E-state index in [0.717, 1.165) is 22.3 Å². The van der Waals surface area contributed by atoms with Crippen molar-refractivity contribution in [3.8, 4) is 28.5 Å². The third kappa shape index (κ3) is 11.0. The minimum Gasteiger partial charge on any atom is -0.465 e. The van der Waals surface area contributed by atoms with E-state index in [1.807, 2.05) is 80.8 Å². The molecule has 5 aromatic rings. The normalized spacial score (nSPS) is 12.6. The van der Waals surface area contributed by atoms with E-state index in [1.165, 1.54) is 11.9 Å². The molecule has 0 aliphatic heterocycles. The molecule has 0 aliphatic carbocycles. The van der Waals surface area contributed by atoms with Gasteiger partial charge in [-0.3, -0.25) is 4.57 Å².